The minimum Gasteiger partial charge on any atom is -0.497 e. The van der Waals surface area contributed by atoms with E-state index in [2.05, 4.69) is 12.2 Å². The number of carbonyl (C=O) groups excluding carboxylic acids is 2. The van der Waals surface area contributed by atoms with E-state index >= 15 is 0 Å². The number of nitrogens with zero attached hydrogens (tertiary/aromatic N) is 1. The van der Waals surface area contributed by atoms with Crippen molar-refractivity contribution in [1.82, 2.24) is 0 Å². The second-order valence-electron chi connectivity index (χ2n) is 7.27. The van der Waals surface area contributed by atoms with Gasteiger partial charge in [0, 0.05) is 6.07 Å². The molecule has 0 radical (unpaired) electrons. The minimum absolute atomic E-state index is 0.0836. The molecule has 5 rings (SSSR count). The van der Waals surface area contributed by atoms with Crippen molar-refractivity contribution >= 4 is 17.5 Å². The topological polar surface area (TPSA) is 55.8 Å². The second-order valence-corrected chi connectivity index (χ2v) is 7.27. The Hall–Kier alpha value is -2.30. The molecular formula is C19H19NO4. The molecule has 1 aromatic carbocycles. The van der Waals surface area contributed by atoms with Gasteiger partial charge in [0.25, 0.3) is 0 Å². The Bertz CT molecular complexity index is 761. The van der Waals surface area contributed by atoms with E-state index in [0.717, 1.165) is 12.8 Å². The molecule has 3 aliphatic carbocycles. The highest BCUT2D eigenvalue weighted by Crippen LogP contribution is 2.73. The van der Waals surface area contributed by atoms with Crippen LogP contribution in [0.3, 0.4) is 0 Å². The summed E-state index contributed by atoms with van der Waals surface area (Å²) in [4.78, 5) is 27.6. The van der Waals surface area contributed by atoms with Gasteiger partial charge in [0.05, 0.1) is 31.7 Å². The van der Waals surface area contributed by atoms with Crippen LogP contribution in [0.4, 0.5) is 5.69 Å². The number of fused-ring (bicyclic) bond motifs is 3. The predicted octanol–water partition coefficient (Wildman–Crippen LogP) is 2.41. The van der Waals surface area contributed by atoms with Gasteiger partial charge in [-0.05, 0) is 42.2 Å². The standard InChI is InChI=1S/C19H19NO4/c1-23-10-3-6-14(24-2)13(9-10)20-17(21)15-11-4-5-12(16(15)18(20)22)19(11)7-8-19/h3-6,9,11-12,15-16H,7-8H2,1-2H3/t11-,12+,15-,16+. The SMILES string of the molecule is COc1ccc(OC)c(N2C(=O)[C@@H]3[C@H](C2=O)[C@H]2C=C[C@@H]3C23CC3)c1. The smallest absolute Gasteiger partial charge is 0.238 e. The summed E-state index contributed by atoms with van der Waals surface area (Å²) >= 11 is 0. The minimum atomic E-state index is -0.203. The molecule has 0 unspecified atom stereocenters. The van der Waals surface area contributed by atoms with Crippen molar-refractivity contribution < 1.29 is 19.1 Å². The second kappa shape index (κ2) is 4.41. The molecule has 1 aliphatic heterocycles. The normalized spacial score (nSPS) is 34.2. The summed E-state index contributed by atoms with van der Waals surface area (Å²) in [6, 6.07) is 5.20. The van der Waals surface area contributed by atoms with Crippen LogP contribution in [0.2, 0.25) is 0 Å². The number of allylic oxidation sites excluding steroid dienone is 2. The molecule has 24 heavy (non-hydrogen) atoms. The first-order chi connectivity index (χ1) is 11.6. The summed E-state index contributed by atoms with van der Waals surface area (Å²) in [5.41, 5.74) is 0.705. The third-order valence-corrected chi connectivity index (χ3v) is 6.48. The van der Waals surface area contributed by atoms with Gasteiger partial charge in [0.15, 0.2) is 0 Å². The highest BCUT2D eigenvalue weighted by molar-refractivity contribution is 6.23. The first-order valence-corrected chi connectivity index (χ1v) is 8.40. The summed E-state index contributed by atoms with van der Waals surface area (Å²) in [5, 5.41) is 0. The largest absolute Gasteiger partial charge is 0.497 e. The first-order valence-electron chi connectivity index (χ1n) is 8.40. The fourth-order valence-corrected chi connectivity index (χ4v) is 5.29. The number of carbonyl (C=O) groups is 2. The zero-order valence-electron chi connectivity index (χ0n) is 13.7. The molecule has 2 saturated carbocycles. The predicted molar refractivity (Wildman–Crippen MR) is 86.8 cm³/mol. The van der Waals surface area contributed by atoms with E-state index in [9.17, 15) is 9.59 Å². The zero-order chi connectivity index (χ0) is 16.6. The lowest BCUT2D eigenvalue weighted by molar-refractivity contribution is -0.123. The maximum absolute atomic E-state index is 13.1. The number of benzene rings is 1. The summed E-state index contributed by atoms with van der Waals surface area (Å²) in [7, 11) is 3.11. The molecule has 0 aromatic heterocycles. The third kappa shape index (κ3) is 1.46. The zero-order valence-corrected chi connectivity index (χ0v) is 13.7. The molecule has 5 nitrogen and oxygen atoms in total. The molecule has 1 heterocycles. The van der Waals surface area contributed by atoms with Crippen molar-refractivity contribution in [2.75, 3.05) is 19.1 Å². The van der Waals surface area contributed by atoms with Gasteiger partial charge in [-0.25, -0.2) is 4.90 Å². The van der Waals surface area contributed by atoms with Crippen molar-refractivity contribution in [3.63, 3.8) is 0 Å². The fourth-order valence-electron chi connectivity index (χ4n) is 5.29. The molecular weight excluding hydrogens is 306 g/mol. The average molecular weight is 325 g/mol. The number of rotatable bonds is 3. The van der Waals surface area contributed by atoms with E-state index in [1.165, 1.54) is 4.90 Å². The Kier molecular flexibility index (Phi) is 2.58. The van der Waals surface area contributed by atoms with Crippen molar-refractivity contribution in [2.24, 2.45) is 29.1 Å². The molecule has 2 amide bonds. The third-order valence-electron chi connectivity index (χ3n) is 6.48. The average Bonchev–Trinajstić information content (AvgIpc) is 3.19. The van der Waals surface area contributed by atoms with Crippen LogP contribution in [0.15, 0.2) is 30.4 Å². The van der Waals surface area contributed by atoms with Gasteiger partial charge < -0.3 is 9.47 Å². The van der Waals surface area contributed by atoms with Gasteiger partial charge in [-0.2, -0.15) is 0 Å². The Morgan fingerprint density at radius 3 is 2.12 bits per heavy atom. The van der Waals surface area contributed by atoms with Gasteiger partial charge in [-0.3, -0.25) is 9.59 Å². The molecule has 1 aromatic rings. The first kappa shape index (κ1) is 14.1. The van der Waals surface area contributed by atoms with E-state index < -0.39 is 0 Å². The number of amides is 2. The summed E-state index contributed by atoms with van der Waals surface area (Å²) in [5.74, 6) is 0.995. The van der Waals surface area contributed by atoms with Crippen molar-refractivity contribution in [2.45, 2.75) is 12.8 Å². The van der Waals surface area contributed by atoms with Crippen LogP contribution in [-0.4, -0.2) is 26.0 Å². The molecule has 0 N–H and O–H groups in total. The quantitative estimate of drug-likeness (QED) is 0.632. The van der Waals surface area contributed by atoms with Gasteiger partial charge in [0.2, 0.25) is 11.8 Å². The highest BCUT2D eigenvalue weighted by atomic mass is 16.5. The van der Waals surface area contributed by atoms with Crippen LogP contribution in [0.1, 0.15) is 12.8 Å². The summed E-state index contributed by atoms with van der Waals surface area (Å²) in [6.45, 7) is 0. The lowest BCUT2D eigenvalue weighted by Gasteiger charge is -2.23. The number of hydrogen-bond donors (Lipinski definition) is 0. The maximum Gasteiger partial charge on any atom is 0.238 e. The van der Waals surface area contributed by atoms with E-state index in [4.69, 9.17) is 9.47 Å². The van der Waals surface area contributed by atoms with E-state index in [1.54, 1.807) is 32.4 Å². The summed E-state index contributed by atoms with van der Waals surface area (Å²) < 4.78 is 10.6. The lowest BCUT2D eigenvalue weighted by atomic mass is 9.85. The molecule has 3 fully saturated rings. The van der Waals surface area contributed by atoms with Crippen LogP contribution in [-0.2, 0) is 9.59 Å². The van der Waals surface area contributed by atoms with E-state index in [0.29, 0.717) is 17.2 Å². The molecule has 2 bridgehead atoms. The Morgan fingerprint density at radius 1 is 1.00 bits per heavy atom. The van der Waals surface area contributed by atoms with Crippen LogP contribution < -0.4 is 14.4 Å². The van der Waals surface area contributed by atoms with Crippen LogP contribution >= 0.6 is 0 Å². The number of imide groups is 1. The molecule has 124 valence electrons. The van der Waals surface area contributed by atoms with Crippen LogP contribution in [0, 0.1) is 29.1 Å². The van der Waals surface area contributed by atoms with Gasteiger partial charge in [-0.15, -0.1) is 0 Å². The van der Waals surface area contributed by atoms with Crippen molar-refractivity contribution in [3.8, 4) is 11.5 Å². The molecule has 1 spiro atoms. The molecule has 4 atom stereocenters. The highest BCUT2D eigenvalue weighted by Gasteiger charge is 2.73. The van der Waals surface area contributed by atoms with Crippen LogP contribution in [0.25, 0.3) is 0 Å². The van der Waals surface area contributed by atoms with Crippen molar-refractivity contribution in [3.05, 3.63) is 30.4 Å². The van der Waals surface area contributed by atoms with Gasteiger partial charge in [0.1, 0.15) is 11.5 Å². The summed E-state index contributed by atoms with van der Waals surface area (Å²) in [6.07, 6.45) is 6.64. The lowest BCUT2D eigenvalue weighted by Crippen LogP contribution is -2.35. The monoisotopic (exact) mass is 325 g/mol. The molecule has 5 heteroatoms. The maximum atomic E-state index is 13.1. The number of ether oxygens (including phenoxy) is 2. The van der Waals surface area contributed by atoms with E-state index in [-0.39, 0.29) is 40.9 Å². The van der Waals surface area contributed by atoms with Crippen LogP contribution in [0.5, 0.6) is 11.5 Å². The Morgan fingerprint density at radius 2 is 1.62 bits per heavy atom. The Balaban J connectivity index is 1.59. The Labute approximate surface area is 140 Å². The van der Waals surface area contributed by atoms with Gasteiger partial charge >= 0.3 is 0 Å². The van der Waals surface area contributed by atoms with E-state index in [1.807, 2.05) is 0 Å². The number of hydrogen-bond acceptors (Lipinski definition) is 4. The molecule has 1 saturated heterocycles. The van der Waals surface area contributed by atoms with Gasteiger partial charge in [-0.1, -0.05) is 12.2 Å². The van der Waals surface area contributed by atoms with Crippen molar-refractivity contribution in [1.29, 1.82) is 0 Å². The molecule has 4 aliphatic rings. The number of methoxy groups -OCH3 is 2. The fraction of sp³-hybridized carbons (Fsp3) is 0.474. The number of anilines is 1.